The van der Waals surface area contributed by atoms with Crippen LogP contribution in [0.15, 0.2) is 24.3 Å². The molecule has 5 heteroatoms. The fraction of sp³-hybridized carbons (Fsp3) is 0.357. The molecule has 0 saturated carbocycles. The number of aromatic nitrogens is 2. The van der Waals surface area contributed by atoms with Crippen molar-refractivity contribution in [2.45, 2.75) is 25.9 Å². The van der Waals surface area contributed by atoms with Gasteiger partial charge < -0.3 is 5.11 Å². The van der Waals surface area contributed by atoms with Crippen LogP contribution < -0.4 is 0 Å². The predicted molar refractivity (Wildman–Crippen MR) is 72.7 cm³/mol. The highest BCUT2D eigenvalue weighted by Crippen LogP contribution is 2.26. The van der Waals surface area contributed by atoms with Gasteiger partial charge in [-0.15, -0.1) is 0 Å². The Hall–Kier alpha value is -1.39. The standard InChI is InChI=1S/C14H16ClFN2O/c1-3-11-14(15)12(18(2)17-11)8-13(19)9-5-4-6-10(16)7-9/h4-7,13,19H,3,8H2,1-2H3. The van der Waals surface area contributed by atoms with E-state index < -0.39 is 6.10 Å². The molecule has 3 nitrogen and oxygen atoms in total. The smallest absolute Gasteiger partial charge is 0.123 e. The Bertz CT molecular complexity index is 583. The van der Waals surface area contributed by atoms with E-state index in [-0.39, 0.29) is 5.82 Å². The first-order valence-electron chi connectivity index (χ1n) is 6.16. The Morgan fingerprint density at radius 1 is 1.47 bits per heavy atom. The number of aliphatic hydroxyl groups is 1. The van der Waals surface area contributed by atoms with Gasteiger partial charge in [0.1, 0.15) is 5.82 Å². The number of aryl methyl sites for hydroxylation is 2. The number of nitrogens with zero attached hydrogens (tertiary/aromatic N) is 2. The van der Waals surface area contributed by atoms with Crippen LogP contribution in [-0.2, 0) is 19.9 Å². The average molecular weight is 283 g/mol. The predicted octanol–water partition coefficient (Wildman–Crippen LogP) is 3.05. The van der Waals surface area contributed by atoms with Gasteiger partial charge in [-0.25, -0.2) is 4.39 Å². The Balaban J connectivity index is 2.24. The van der Waals surface area contributed by atoms with Crippen molar-refractivity contribution >= 4 is 11.6 Å². The summed E-state index contributed by atoms with van der Waals surface area (Å²) in [6.45, 7) is 1.97. The molecule has 1 aromatic carbocycles. The molecular weight excluding hydrogens is 267 g/mol. The summed E-state index contributed by atoms with van der Waals surface area (Å²) in [5, 5.41) is 15.0. The van der Waals surface area contributed by atoms with Gasteiger partial charge in [0, 0.05) is 13.5 Å². The maximum absolute atomic E-state index is 13.1. The Labute approximate surface area is 116 Å². The molecule has 19 heavy (non-hydrogen) atoms. The molecule has 1 N–H and O–H groups in total. The van der Waals surface area contributed by atoms with E-state index in [1.165, 1.54) is 12.1 Å². The Morgan fingerprint density at radius 3 is 2.79 bits per heavy atom. The minimum atomic E-state index is -0.798. The summed E-state index contributed by atoms with van der Waals surface area (Å²) < 4.78 is 14.8. The number of aliphatic hydroxyl groups excluding tert-OH is 1. The molecule has 1 unspecified atom stereocenters. The summed E-state index contributed by atoms with van der Waals surface area (Å²) in [5.41, 5.74) is 2.11. The summed E-state index contributed by atoms with van der Waals surface area (Å²) in [4.78, 5) is 0. The summed E-state index contributed by atoms with van der Waals surface area (Å²) in [6.07, 6.45) is 0.252. The number of hydrogen-bond donors (Lipinski definition) is 1. The van der Waals surface area contributed by atoms with Gasteiger partial charge in [-0.2, -0.15) is 5.10 Å². The van der Waals surface area contributed by atoms with Crippen LogP contribution in [0.3, 0.4) is 0 Å². The minimum absolute atomic E-state index is 0.311. The van der Waals surface area contributed by atoms with Crippen molar-refractivity contribution in [2.75, 3.05) is 0 Å². The van der Waals surface area contributed by atoms with Gasteiger partial charge in [-0.05, 0) is 24.1 Å². The highest BCUT2D eigenvalue weighted by atomic mass is 35.5. The molecule has 0 aliphatic carbocycles. The van der Waals surface area contributed by atoms with E-state index in [1.807, 2.05) is 6.92 Å². The minimum Gasteiger partial charge on any atom is -0.388 e. The van der Waals surface area contributed by atoms with Gasteiger partial charge in [0.05, 0.1) is 22.5 Å². The molecule has 0 amide bonds. The number of hydrogen-bond acceptors (Lipinski definition) is 2. The quantitative estimate of drug-likeness (QED) is 0.936. The largest absolute Gasteiger partial charge is 0.388 e. The molecule has 2 aromatic rings. The maximum atomic E-state index is 13.1. The molecule has 0 aliphatic heterocycles. The van der Waals surface area contributed by atoms with E-state index in [9.17, 15) is 9.50 Å². The summed E-state index contributed by atoms with van der Waals surface area (Å²) in [5.74, 6) is -0.359. The van der Waals surface area contributed by atoms with Crippen LogP contribution in [0, 0.1) is 5.82 Å². The van der Waals surface area contributed by atoms with Gasteiger partial charge in [-0.3, -0.25) is 4.68 Å². The third kappa shape index (κ3) is 2.96. The van der Waals surface area contributed by atoms with E-state index in [4.69, 9.17) is 11.6 Å². The van der Waals surface area contributed by atoms with Crippen molar-refractivity contribution in [1.29, 1.82) is 0 Å². The van der Waals surface area contributed by atoms with Crippen molar-refractivity contribution in [1.82, 2.24) is 9.78 Å². The van der Waals surface area contributed by atoms with E-state index in [0.29, 0.717) is 17.0 Å². The van der Waals surface area contributed by atoms with Crippen LogP contribution in [0.1, 0.15) is 30.0 Å². The number of rotatable bonds is 4. The van der Waals surface area contributed by atoms with Crippen LogP contribution in [0.4, 0.5) is 4.39 Å². The molecule has 0 aliphatic rings. The molecule has 2 rings (SSSR count). The van der Waals surface area contributed by atoms with Crippen molar-refractivity contribution < 1.29 is 9.50 Å². The maximum Gasteiger partial charge on any atom is 0.123 e. The molecule has 1 atom stereocenters. The lowest BCUT2D eigenvalue weighted by Gasteiger charge is -2.11. The lowest BCUT2D eigenvalue weighted by Crippen LogP contribution is -2.07. The second kappa shape index (κ2) is 5.72. The number of halogens is 2. The summed E-state index contributed by atoms with van der Waals surface area (Å²) >= 11 is 6.22. The second-order valence-corrected chi connectivity index (χ2v) is 4.84. The fourth-order valence-electron chi connectivity index (χ4n) is 2.06. The number of benzene rings is 1. The molecule has 0 bridgehead atoms. The molecule has 102 valence electrons. The third-order valence-electron chi connectivity index (χ3n) is 3.12. The van der Waals surface area contributed by atoms with Crippen molar-refractivity contribution in [3.05, 3.63) is 52.1 Å². The Morgan fingerprint density at radius 2 is 2.21 bits per heavy atom. The second-order valence-electron chi connectivity index (χ2n) is 4.46. The fourth-order valence-corrected chi connectivity index (χ4v) is 2.43. The lowest BCUT2D eigenvalue weighted by atomic mass is 10.0. The normalized spacial score (nSPS) is 12.7. The zero-order chi connectivity index (χ0) is 14.0. The molecule has 1 heterocycles. The van der Waals surface area contributed by atoms with Gasteiger partial charge in [0.15, 0.2) is 0 Å². The Kier molecular flexibility index (Phi) is 4.22. The van der Waals surface area contributed by atoms with Crippen molar-refractivity contribution in [3.8, 4) is 0 Å². The van der Waals surface area contributed by atoms with E-state index >= 15 is 0 Å². The molecule has 0 fully saturated rings. The SMILES string of the molecule is CCc1nn(C)c(CC(O)c2cccc(F)c2)c1Cl. The molecular formula is C14H16ClFN2O. The summed E-state index contributed by atoms with van der Waals surface area (Å²) in [7, 11) is 1.79. The third-order valence-corrected chi connectivity index (χ3v) is 3.56. The van der Waals surface area contributed by atoms with Crippen LogP contribution >= 0.6 is 11.6 Å². The van der Waals surface area contributed by atoms with Gasteiger partial charge in [-0.1, -0.05) is 30.7 Å². The molecule has 0 spiro atoms. The molecule has 1 aromatic heterocycles. The van der Waals surface area contributed by atoms with Crippen LogP contribution in [0.25, 0.3) is 0 Å². The highest BCUT2D eigenvalue weighted by molar-refractivity contribution is 6.31. The molecule has 0 saturated heterocycles. The van der Waals surface area contributed by atoms with Crippen molar-refractivity contribution in [3.63, 3.8) is 0 Å². The van der Waals surface area contributed by atoms with Crippen LogP contribution in [-0.4, -0.2) is 14.9 Å². The van der Waals surface area contributed by atoms with Gasteiger partial charge in [0.25, 0.3) is 0 Å². The van der Waals surface area contributed by atoms with Crippen molar-refractivity contribution in [2.24, 2.45) is 7.05 Å². The first kappa shape index (κ1) is 14.0. The van der Waals surface area contributed by atoms with E-state index in [2.05, 4.69) is 5.10 Å². The lowest BCUT2D eigenvalue weighted by molar-refractivity contribution is 0.175. The first-order valence-corrected chi connectivity index (χ1v) is 6.54. The average Bonchev–Trinajstić information content (AvgIpc) is 2.66. The van der Waals surface area contributed by atoms with Gasteiger partial charge >= 0.3 is 0 Å². The van der Waals surface area contributed by atoms with Crippen LogP contribution in [0.5, 0.6) is 0 Å². The first-order chi connectivity index (χ1) is 9.02. The summed E-state index contributed by atoms with van der Waals surface area (Å²) in [6, 6.07) is 5.95. The van der Waals surface area contributed by atoms with Crippen LogP contribution in [0.2, 0.25) is 5.02 Å². The zero-order valence-corrected chi connectivity index (χ0v) is 11.7. The zero-order valence-electron chi connectivity index (χ0n) is 10.9. The highest BCUT2D eigenvalue weighted by Gasteiger charge is 2.17. The van der Waals surface area contributed by atoms with E-state index in [1.54, 1.807) is 23.9 Å². The van der Waals surface area contributed by atoms with Gasteiger partial charge in [0.2, 0.25) is 0 Å². The topological polar surface area (TPSA) is 38.0 Å². The monoisotopic (exact) mass is 282 g/mol. The van der Waals surface area contributed by atoms with E-state index in [0.717, 1.165) is 17.8 Å². The molecule has 0 radical (unpaired) electrons.